The van der Waals surface area contributed by atoms with Gasteiger partial charge in [-0.25, -0.2) is 4.98 Å². The minimum atomic E-state index is -4.35. The van der Waals surface area contributed by atoms with Crippen molar-refractivity contribution in [1.29, 1.82) is 0 Å². The number of pyridine rings is 2. The highest BCUT2D eigenvalue weighted by Crippen LogP contribution is 2.35. The lowest BCUT2D eigenvalue weighted by Gasteiger charge is -2.10. The molecule has 0 bridgehead atoms. The fraction of sp³-hybridized carbons (Fsp3) is 0.0526. The molecule has 130 valence electrons. The first-order valence-electron chi connectivity index (χ1n) is 7.83. The van der Waals surface area contributed by atoms with E-state index in [4.69, 9.17) is 0 Å². The van der Waals surface area contributed by atoms with Crippen LogP contribution in [0.2, 0.25) is 0 Å². The predicted octanol–water partition coefficient (Wildman–Crippen LogP) is 5.39. The number of nitrogens with one attached hydrogen (secondary N) is 2. The molecular weight excluding hydrogens is 341 g/mol. The quantitative estimate of drug-likeness (QED) is 0.519. The molecule has 7 heteroatoms. The van der Waals surface area contributed by atoms with Crippen LogP contribution in [0.3, 0.4) is 0 Å². The van der Waals surface area contributed by atoms with Gasteiger partial charge in [0, 0.05) is 30.5 Å². The molecule has 1 aromatic carbocycles. The number of hydrogen-bond donors (Lipinski definition) is 2. The molecule has 0 radical (unpaired) electrons. The van der Waals surface area contributed by atoms with E-state index < -0.39 is 11.7 Å². The highest BCUT2D eigenvalue weighted by atomic mass is 19.4. The van der Waals surface area contributed by atoms with Crippen molar-refractivity contribution < 1.29 is 13.2 Å². The fourth-order valence-corrected chi connectivity index (χ4v) is 2.83. The zero-order valence-electron chi connectivity index (χ0n) is 13.4. The first-order chi connectivity index (χ1) is 12.5. The highest BCUT2D eigenvalue weighted by Gasteiger charge is 2.29. The van der Waals surface area contributed by atoms with Crippen LogP contribution < -0.4 is 5.32 Å². The summed E-state index contributed by atoms with van der Waals surface area (Å²) < 4.78 is 38.1. The third kappa shape index (κ3) is 2.99. The van der Waals surface area contributed by atoms with Crippen molar-refractivity contribution in [3.63, 3.8) is 0 Å². The van der Waals surface area contributed by atoms with Gasteiger partial charge in [-0.1, -0.05) is 0 Å². The Labute approximate surface area is 146 Å². The Morgan fingerprint density at radius 3 is 2.31 bits per heavy atom. The number of H-pyrrole nitrogens is 1. The van der Waals surface area contributed by atoms with E-state index in [-0.39, 0.29) is 0 Å². The van der Waals surface area contributed by atoms with Gasteiger partial charge in [0.1, 0.15) is 5.65 Å². The van der Waals surface area contributed by atoms with Crippen LogP contribution >= 0.6 is 0 Å². The molecule has 3 heterocycles. The average Bonchev–Trinajstić information content (AvgIpc) is 3.05. The van der Waals surface area contributed by atoms with E-state index in [0.29, 0.717) is 11.3 Å². The molecule has 0 amide bonds. The normalized spacial score (nSPS) is 11.7. The molecule has 2 N–H and O–H groups in total. The van der Waals surface area contributed by atoms with E-state index in [9.17, 15) is 13.2 Å². The van der Waals surface area contributed by atoms with Crippen molar-refractivity contribution in [2.24, 2.45) is 0 Å². The summed E-state index contributed by atoms with van der Waals surface area (Å²) in [7, 11) is 0. The SMILES string of the molecule is FC(F)(F)c1ccc(Nc2c[nH]c3nccc(-c4ccncc4)c23)cc1. The molecule has 4 nitrogen and oxygen atoms in total. The van der Waals surface area contributed by atoms with Gasteiger partial charge in [-0.2, -0.15) is 13.2 Å². The molecule has 0 saturated heterocycles. The minimum absolute atomic E-state index is 0.559. The van der Waals surface area contributed by atoms with Crippen LogP contribution in [0, 0.1) is 0 Å². The largest absolute Gasteiger partial charge is 0.416 e. The van der Waals surface area contributed by atoms with Crippen LogP contribution in [0.5, 0.6) is 0 Å². The van der Waals surface area contributed by atoms with Gasteiger partial charge in [-0.05, 0) is 53.6 Å². The van der Waals surface area contributed by atoms with E-state index in [1.54, 1.807) is 24.8 Å². The third-order valence-corrected chi connectivity index (χ3v) is 4.06. The fourth-order valence-electron chi connectivity index (χ4n) is 2.83. The number of fused-ring (bicyclic) bond motifs is 1. The van der Waals surface area contributed by atoms with Crippen molar-refractivity contribution in [3.8, 4) is 11.1 Å². The maximum absolute atomic E-state index is 12.7. The Balaban J connectivity index is 1.74. The highest BCUT2D eigenvalue weighted by molar-refractivity contribution is 6.03. The molecule has 0 fully saturated rings. The van der Waals surface area contributed by atoms with Crippen LogP contribution in [0.25, 0.3) is 22.2 Å². The summed E-state index contributed by atoms with van der Waals surface area (Å²) in [4.78, 5) is 11.4. The summed E-state index contributed by atoms with van der Waals surface area (Å²) in [6.07, 6.45) is 2.52. The molecule has 0 spiro atoms. The summed E-state index contributed by atoms with van der Waals surface area (Å²) in [6, 6.07) is 10.6. The van der Waals surface area contributed by atoms with Gasteiger partial charge in [-0.15, -0.1) is 0 Å². The molecule has 0 atom stereocenters. The molecular formula is C19H13F3N4. The number of alkyl halides is 3. The lowest BCUT2D eigenvalue weighted by atomic mass is 10.0. The first-order valence-corrected chi connectivity index (χ1v) is 7.83. The number of rotatable bonds is 3. The number of halogens is 3. The van der Waals surface area contributed by atoms with Gasteiger partial charge in [0.05, 0.1) is 16.6 Å². The second-order valence-electron chi connectivity index (χ2n) is 5.72. The number of benzene rings is 1. The monoisotopic (exact) mass is 354 g/mol. The zero-order valence-corrected chi connectivity index (χ0v) is 13.4. The van der Waals surface area contributed by atoms with Gasteiger partial charge in [-0.3, -0.25) is 4.98 Å². The number of aromatic amines is 1. The molecule has 4 rings (SSSR count). The van der Waals surface area contributed by atoms with Crippen molar-refractivity contribution >= 4 is 22.4 Å². The molecule has 26 heavy (non-hydrogen) atoms. The summed E-state index contributed by atoms with van der Waals surface area (Å²) in [5, 5.41) is 4.02. The lowest BCUT2D eigenvalue weighted by Crippen LogP contribution is -2.04. The van der Waals surface area contributed by atoms with Crippen LogP contribution in [0.15, 0.2) is 67.3 Å². The molecule has 3 aromatic heterocycles. The van der Waals surface area contributed by atoms with Gasteiger partial charge in [0.2, 0.25) is 0 Å². The van der Waals surface area contributed by atoms with Crippen LogP contribution in [-0.4, -0.2) is 15.0 Å². The van der Waals surface area contributed by atoms with E-state index >= 15 is 0 Å². The summed E-state index contributed by atoms with van der Waals surface area (Å²) in [5.41, 5.74) is 3.23. The van der Waals surface area contributed by atoms with Crippen molar-refractivity contribution in [3.05, 3.63) is 72.8 Å². The zero-order chi connectivity index (χ0) is 18.1. The topological polar surface area (TPSA) is 53.6 Å². The van der Waals surface area contributed by atoms with E-state index in [2.05, 4.69) is 20.3 Å². The average molecular weight is 354 g/mol. The predicted molar refractivity (Wildman–Crippen MR) is 94.1 cm³/mol. The van der Waals surface area contributed by atoms with Crippen molar-refractivity contribution in [2.45, 2.75) is 6.18 Å². The van der Waals surface area contributed by atoms with Crippen LogP contribution in [0.1, 0.15) is 5.56 Å². The Hall–Kier alpha value is -3.35. The molecule has 0 unspecified atom stereocenters. The Bertz CT molecular complexity index is 1040. The Morgan fingerprint density at radius 2 is 1.62 bits per heavy atom. The van der Waals surface area contributed by atoms with Gasteiger partial charge in [0.15, 0.2) is 0 Å². The maximum Gasteiger partial charge on any atom is 0.416 e. The number of aromatic nitrogens is 3. The second-order valence-corrected chi connectivity index (χ2v) is 5.72. The van der Waals surface area contributed by atoms with E-state index in [1.807, 2.05) is 18.2 Å². The lowest BCUT2D eigenvalue weighted by molar-refractivity contribution is -0.137. The summed E-state index contributed by atoms with van der Waals surface area (Å²) in [6.45, 7) is 0. The smallest absolute Gasteiger partial charge is 0.354 e. The number of hydrogen-bond acceptors (Lipinski definition) is 3. The molecule has 0 aliphatic carbocycles. The molecule has 0 saturated carbocycles. The van der Waals surface area contributed by atoms with Gasteiger partial charge in [0.25, 0.3) is 0 Å². The molecule has 0 aliphatic heterocycles. The van der Waals surface area contributed by atoms with Crippen molar-refractivity contribution in [1.82, 2.24) is 15.0 Å². The van der Waals surface area contributed by atoms with Gasteiger partial charge >= 0.3 is 6.18 Å². The standard InChI is InChI=1S/C19H13F3N4/c20-19(21,22)13-1-3-14(4-2-13)26-16-11-25-18-17(16)15(7-10-24-18)12-5-8-23-9-6-12/h1-11,26H,(H,24,25). The van der Waals surface area contributed by atoms with Gasteiger partial charge < -0.3 is 10.3 Å². The van der Waals surface area contributed by atoms with Crippen LogP contribution in [0.4, 0.5) is 24.5 Å². The number of nitrogens with zero attached hydrogens (tertiary/aromatic N) is 2. The summed E-state index contributed by atoms with van der Waals surface area (Å²) in [5.74, 6) is 0. The first kappa shape index (κ1) is 16.1. The third-order valence-electron chi connectivity index (χ3n) is 4.06. The molecule has 0 aliphatic rings. The number of anilines is 2. The van der Waals surface area contributed by atoms with Crippen LogP contribution in [-0.2, 0) is 6.18 Å². The van der Waals surface area contributed by atoms with E-state index in [0.717, 1.165) is 34.3 Å². The summed E-state index contributed by atoms with van der Waals surface area (Å²) >= 11 is 0. The minimum Gasteiger partial charge on any atom is -0.354 e. The maximum atomic E-state index is 12.7. The Kier molecular flexibility index (Phi) is 3.84. The molecule has 4 aromatic rings. The Morgan fingerprint density at radius 1 is 0.885 bits per heavy atom. The van der Waals surface area contributed by atoms with Crippen molar-refractivity contribution in [2.75, 3.05) is 5.32 Å². The van der Waals surface area contributed by atoms with E-state index in [1.165, 1.54) is 12.1 Å². The second kappa shape index (κ2) is 6.18.